The largest absolute Gasteiger partial charge is 0.496 e. The number of rotatable bonds is 4. The molecule has 0 aliphatic carbocycles. The minimum absolute atomic E-state index is 0.381. The second-order valence-corrected chi connectivity index (χ2v) is 4.73. The first-order valence-corrected chi connectivity index (χ1v) is 6.28. The Balaban J connectivity index is 2.57. The zero-order chi connectivity index (χ0) is 14.7. The number of methoxy groups -OCH3 is 1. The number of aryl methyl sites for hydroxylation is 2. The molecule has 2 rings (SSSR count). The Morgan fingerprint density at radius 2 is 2.00 bits per heavy atom. The minimum Gasteiger partial charge on any atom is -0.496 e. The van der Waals surface area contributed by atoms with Crippen LogP contribution in [0.1, 0.15) is 28.3 Å². The van der Waals surface area contributed by atoms with Gasteiger partial charge in [0.2, 0.25) is 0 Å². The van der Waals surface area contributed by atoms with E-state index >= 15 is 0 Å². The van der Waals surface area contributed by atoms with Crippen LogP contribution in [0.3, 0.4) is 0 Å². The summed E-state index contributed by atoms with van der Waals surface area (Å²) >= 11 is 0. The predicted molar refractivity (Wildman–Crippen MR) is 75.8 cm³/mol. The number of hydrogen-bond acceptors (Lipinski definition) is 4. The lowest BCUT2D eigenvalue weighted by Gasteiger charge is -2.22. The van der Waals surface area contributed by atoms with Crippen LogP contribution in [-0.4, -0.2) is 12.1 Å². The van der Waals surface area contributed by atoms with E-state index in [1.807, 2.05) is 26.0 Å². The Morgan fingerprint density at radius 3 is 2.60 bits per heavy atom. The van der Waals surface area contributed by atoms with Gasteiger partial charge in [0.15, 0.2) is 0 Å². The molecule has 20 heavy (non-hydrogen) atoms. The van der Waals surface area contributed by atoms with Crippen molar-refractivity contribution >= 4 is 0 Å². The minimum atomic E-state index is -0.397. The van der Waals surface area contributed by atoms with E-state index in [2.05, 4.69) is 10.4 Å². The SMILES string of the molecule is COc1cc(C)cc(C)c1C(NN)c1cncc(F)c1. The van der Waals surface area contributed by atoms with E-state index in [4.69, 9.17) is 10.6 Å². The van der Waals surface area contributed by atoms with E-state index in [1.54, 1.807) is 13.3 Å². The molecule has 0 saturated carbocycles. The Morgan fingerprint density at radius 1 is 1.25 bits per heavy atom. The smallest absolute Gasteiger partial charge is 0.141 e. The summed E-state index contributed by atoms with van der Waals surface area (Å²) in [4.78, 5) is 3.87. The number of aromatic nitrogens is 1. The lowest BCUT2D eigenvalue weighted by atomic mass is 9.94. The quantitative estimate of drug-likeness (QED) is 0.664. The summed E-state index contributed by atoms with van der Waals surface area (Å²) in [5.41, 5.74) is 6.36. The third-order valence-electron chi connectivity index (χ3n) is 3.23. The Hall–Kier alpha value is -1.98. The van der Waals surface area contributed by atoms with Gasteiger partial charge in [-0.3, -0.25) is 10.8 Å². The molecule has 1 atom stereocenters. The van der Waals surface area contributed by atoms with E-state index < -0.39 is 5.82 Å². The summed E-state index contributed by atoms with van der Waals surface area (Å²) in [6, 6.07) is 5.00. The monoisotopic (exact) mass is 275 g/mol. The van der Waals surface area contributed by atoms with Gasteiger partial charge >= 0.3 is 0 Å². The van der Waals surface area contributed by atoms with E-state index in [-0.39, 0.29) is 6.04 Å². The number of nitrogens with one attached hydrogen (secondary N) is 1. The number of ether oxygens (including phenoxy) is 1. The first-order chi connectivity index (χ1) is 9.56. The van der Waals surface area contributed by atoms with Crippen LogP contribution in [0.5, 0.6) is 5.75 Å². The maximum absolute atomic E-state index is 13.4. The summed E-state index contributed by atoms with van der Waals surface area (Å²) in [5.74, 6) is 5.98. The van der Waals surface area contributed by atoms with Crippen LogP contribution in [-0.2, 0) is 0 Å². The normalized spacial score (nSPS) is 12.2. The molecule has 0 fully saturated rings. The van der Waals surface area contributed by atoms with Crippen molar-refractivity contribution < 1.29 is 9.13 Å². The molecule has 0 aliphatic heterocycles. The van der Waals surface area contributed by atoms with E-state index in [0.29, 0.717) is 5.56 Å². The van der Waals surface area contributed by atoms with Gasteiger partial charge in [-0.1, -0.05) is 6.07 Å². The van der Waals surface area contributed by atoms with Crippen molar-refractivity contribution in [1.82, 2.24) is 10.4 Å². The standard InChI is InChI=1S/C15H18FN3O/c1-9-4-10(2)14(13(5-9)20-3)15(19-17)11-6-12(16)8-18-7-11/h4-8,15,19H,17H2,1-3H3. The summed E-state index contributed by atoms with van der Waals surface area (Å²) in [5, 5.41) is 0. The fourth-order valence-corrected chi connectivity index (χ4v) is 2.41. The number of hydrogen-bond donors (Lipinski definition) is 2. The molecule has 1 unspecified atom stereocenters. The van der Waals surface area contributed by atoms with Crippen molar-refractivity contribution in [1.29, 1.82) is 0 Å². The number of pyridine rings is 1. The van der Waals surface area contributed by atoms with Crippen LogP contribution in [0, 0.1) is 19.7 Å². The van der Waals surface area contributed by atoms with E-state index in [9.17, 15) is 4.39 Å². The average molecular weight is 275 g/mol. The molecule has 0 amide bonds. The summed E-state index contributed by atoms with van der Waals surface area (Å²) < 4.78 is 18.8. The maximum Gasteiger partial charge on any atom is 0.141 e. The van der Waals surface area contributed by atoms with Crippen molar-refractivity contribution in [3.8, 4) is 5.75 Å². The number of nitrogens with zero attached hydrogens (tertiary/aromatic N) is 1. The van der Waals surface area contributed by atoms with Gasteiger partial charge in [0.1, 0.15) is 11.6 Å². The van der Waals surface area contributed by atoms with Crippen LogP contribution in [0.25, 0.3) is 0 Å². The van der Waals surface area contributed by atoms with Gasteiger partial charge in [-0.15, -0.1) is 0 Å². The first kappa shape index (κ1) is 14.4. The molecular weight excluding hydrogens is 257 g/mol. The van der Waals surface area contributed by atoms with Gasteiger partial charge in [0.25, 0.3) is 0 Å². The highest BCUT2D eigenvalue weighted by atomic mass is 19.1. The highest BCUT2D eigenvalue weighted by Crippen LogP contribution is 2.33. The third-order valence-corrected chi connectivity index (χ3v) is 3.23. The number of halogens is 1. The number of nitrogens with two attached hydrogens (primary N) is 1. The van der Waals surface area contributed by atoms with Gasteiger partial charge in [0.05, 0.1) is 19.3 Å². The molecule has 106 valence electrons. The van der Waals surface area contributed by atoms with E-state index in [0.717, 1.165) is 28.6 Å². The molecule has 0 saturated heterocycles. The molecule has 0 spiro atoms. The topological polar surface area (TPSA) is 60.2 Å². The highest BCUT2D eigenvalue weighted by Gasteiger charge is 2.20. The summed E-state index contributed by atoms with van der Waals surface area (Å²) in [7, 11) is 1.61. The van der Waals surface area contributed by atoms with Crippen molar-refractivity contribution in [3.05, 3.63) is 58.7 Å². The summed E-state index contributed by atoms with van der Waals surface area (Å²) in [6.07, 6.45) is 2.75. The van der Waals surface area contributed by atoms with Crippen LogP contribution in [0.4, 0.5) is 4.39 Å². The molecule has 2 aromatic rings. The lowest BCUT2D eigenvalue weighted by molar-refractivity contribution is 0.403. The molecule has 0 radical (unpaired) electrons. The Bertz CT molecular complexity index is 616. The molecule has 1 aromatic carbocycles. The fourth-order valence-electron chi connectivity index (χ4n) is 2.41. The first-order valence-electron chi connectivity index (χ1n) is 6.28. The Kier molecular flexibility index (Phi) is 4.32. The van der Waals surface area contributed by atoms with Crippen molar-refractivity contribution in [2.24, 2.45) is 5.84 Å². The maximum atomic E-state index is 13.4. The lowest BCUT2D eigenvalue weighted by Crippen LogP contribution is -2.30. The second kappa shape index (κ2) is 5.98. The van der Waals surface area contributed by atoms with Gasteiger partial charge < -0.3 is 4.74 Å². The molecule has 1 heterocycles. The van der Waals surface area contributed by atoms with Crippen LogP contribution >= 0.6 is 0 Å². The zero-order valence-corrected chi connectivity index (χ0v) is 11.8. The fraction of sp³-hybridized carbons (Fsp3) is 0.267. The third kappa shape index (κ3) is 2.79. The van der Waals surface area contributed by atoms with Crippen molar-refractivity contribution in [3.63, 3.8) is 0 Å². The molecule has 3 N–H and O–H groups in total. The second-order valence-electron chi connectivity index (χ2n) is 4.73. The zero-order valence-electron chi connectivity index (χ0n) is 11.8. The van der Waals surface area contributed by atoms with Gasteiger partial charge in [-0.05, 0) is 42.7 Å². The Labute approximate surface area is 117 Å². The van der Waals surface area contributed by atoms with Crippen LogP contribution in [0.15, 0.2) is 30.6 Å². The molecule has 0 bridgehead atoms. The van der Waals surface area contributed by atoms with Gasteiger partial charge in [-0.2, -0.15) is 0 Å². The molecule has 5 heteroatoms. The van der Waals surface area contributed by atoms with Crippen LogP contribution in [0.2, 0.25) is 0 Å². The highest BCUT2D eigenvalue weighted by molar-refractivity contribution is 5.48. The van der Waals surface area contributed by atoms with Crippen molar-refractivity contribution in [2.45, 2.75) is 19.9 Å². The number of benzene rings is 1. The van der Waals surface area contributed by atoms with Gasteiger partial charge in [0, 0.05) is 11.8 Å². The van der Waals surface area contributed by atoms with Crippen molar-refractivity contribution in [2.75, 3.05) is 7.11 Å². The molecule has 0 aliphatic rings. The average Bonchev–Trinajstić information content (AvgIpc) is 2.41. The molecular formula is C15H18FN3O. The van der Waals surface area contributed by atoms with E-state index in [1.165, 1.54) is 6.07 Å². The number of hydrazine groups is 1. The van der Waals surface area contributed by atoms with Gasteiger partial charge in [-0.25, -0.2) is 9.82 Å². The van der Waals surface area contributed by atoms with Crippen LogP contribution < -0.4 is 16.0 Å². The molecule has 4 nitrogen and oxygen atoms in total. The summed E-state index contributed by atoms with van der Waals surface area (Å²) in [6.45, 7) is 3.97. The molecule has 1 aromatic heterocycles. The predicted octanol–water partition coefficient (Wildman–Crippen LogP) is 2.40.